The molecule has 0 amide bonds. The van der Waals surface area contributed by atoms with Crippen LogP contribution in [0.2, 0.25) is 0 Å². The first-order chi connectivity index (χ1) is 10.2. The average Bonchev–Trinajstić information content (AvgIpc) is 2.52. The maximum Gasteiger partial charge on any atom is 0.344 e. The van der Waals surface area contributed by atoms with Gasteiger partial charge in [-0.3, -0.25) is 0 Å². The maximum atomic E-state index is 11.6. The molecule has 0 heterocycles. The first-order valence-corrected chi connectivity index (χ1v) is 7.46. The van der Waals surface area contributed by atoms with Gasteiger partial charge in [0.2, 0.25) is 0 Å². The fraction of sp³-hybridized carbons (Fsp3) is 0.389. The van der Waals surface area contributed by atoms with Crippen LogP contribution in [0.4, 0.5) is 0 Å². The van der Waals surface area contributed by atoms with Crippen LogP contribution in [0.1, 0.15) is 26.7 Å². The second kappa shape index (κ2) is 7.67. The molecule has 21 heavy (non-hydrogen) atoms. The van der Waals surface area contributed by atoms with E-state index < -0.39 is 0 Å². The van der Waals surface area contributed by atoms with E-state index in [0.29, 0.717) is 18.3 Å². The summed E-state index contributed by atoms with van der Waals surface area (Å²) >= 11 is 0. The van der Waals surface area contributed by atoms with Crippen molar-refractivity contribution in [2.75, 3.05) is 13.2 Å². The van der Waals surface area contributed by atoms with Crippen LogP contribution in [0.15, 0.2) is 42.5 Å². The SMILES string of the molecule is CCC(C)CCOC(=O)COc1ccc2ccccc2c1. The summed E-state index contributed by atoms with van der Waals surface area (Å²) in [5.41, 5.74) is 0. The van der Waals surface area contributed by atoms with Crippen molar-refractivity contribution in [1.29, 1.82) is 0 Å². The van der Waals surface area contributed by atoms with Crippen molar-refractivity contribution >= 4 is 16.7 Å². The molecule has 2 rings (SSSR count). The lowest BCUT2D eigenvalue weighted by molar-refractivity contribution is -0.146. The van der Waals surface area contributed by atoms with E-state index in [0.717, 1.165) is 23.6 Å². The number of hydrogen-bond donors (Lipinski definition) is 0. The van der Waals surface area contributed by atoms with Crippen molar-refractivity contribution < 1.29 is 14.3 Å². The van der Waals surface area contributed by atoms with Crippen LogP contribution < -0.4 is 4.74 Å². The first-order valence-electron chi connectivity index (χ1n) is 7.46. The van der Waals surface area contributed by atoms with E-state index in [1.807, 2.05) is 42.5 Å². The number of carbonyl (C=O) groups excluding carboxylic acids is 1. The zero-order valence-corrected chi connectivity index (χ0v) is 12.7. The summed E-state index contributed by atoms with van der Waals surface area (Å²) in [5.74, 6) is 0.957. The largest absolute Gasteiger partial charge is 0.482 e. The fourth-order valence-corrected chi connectivity index (χ4v) is 2.02. The normalized spacial score (nSPS) is 12.1. The molecular weight excluding hydrogens is 264 g/mol. The monoisotopic (exact) mass is 286 g/mol. The van der Waals surface area contributed by atoms with Crippen LogP contribution in [-0.2, 0) is 9.53 Å². The molecule has 112 valence electrons. The maximum absolute atomic E-state index is 11.6. The highest BCUT2D eigenvalue weighted by molar-refractivity contribution is 5.83. The van der Waals surface area contributed by atoms with Gasteiger partial charge in [-0.2, -0.15) is 0 Å². The first kappa shape index (κ1) is 15.4. The molecule has 0 N–H and O–H groups in total. The van der Waals surface area contributed by atoms with Gasteiger partial charge >= 0.3 is 5.97 Å². The fourth-order valence-electron chi connectivity index (χ4n) is 2.02. The lowest BCUT2D eigenvalue weighted by Crippen LogP contribution is -2.16. The van der Waals surface area contributed by atoms with Crippen molar-refractivity contribution in [2.24, 2.45) is 5.92 Å². The molecule has 3 heteroatoms. The van der Waals surface area contributed by atoms with Gasteiger partial charge in [-0.05, 0) is 35.2 Å². The summed E-state index contributed by atoms with van der Waals surface area (Å²) in [5, 5.41) is 2.25. The molecule has 1 unspecified atom stereocenters. The highest BCUT2D eigenvalue weighted by Crippen LogP contribution is 2.20. The van der Waals surface area contributed by atoms with E-state index in [-0.39, 0.29) is 12.6 Å². The van der Waals surface area contributed by atoms with Gasteiger partial charge in [0.1, 0.15) is 5.75 Å². The van der Waals surface area contributed by atoms with Gasteiger partial charge in [0.15, 0.2) is 6.61 Å². The minimum atomic E-state index is -0.313. The molecule has 3 nitrogen and oxygen atoms in total. The molecule has 0 aliphatic rings. The number of esters is 1. The third kappa shape index (κ3) is 4.78. The highest BCUT2D eigenvalue weighted by atomic mass is 16.6. The summed E-state index contributed by atoms with van der Waals surface area (Å²) in [6.45, 7) is 4.71. The summed E-state index contributed by atoms with van der Waals surface area (Å²) in [7, 11) is 0. The number of fused-ring (bicyclic) bond motifs is 1. The number of rotatable bonds is 7. The average molecular weight is 286 g/mol. The zero-order chi connectivity index (χ0) is 15.1. The predicted molar refractivity (Wildman–Crippen MR) is 84.5 cm³/mol. The van der Waals surface area contributed by atoms with E-state index in [2.05, 4.69) is 13.8 Å². The van der Waals surface area contributed by atoms with Crippen LogP contribution in [0.3, 0.4) is 0 Å². The molecule has 0 aromatic heterocycles. The van der Waals surface area contributed by atoms with Crippen LogP contribution in [0.25, 0.3) is 10.8 Å². The number of ether oxygens (including phenoxy) is 2. The quantitative estimate of drug-likeness (QED) is 0.716. The summed E-state index contributed by atoms with van der Waals surface area (Å²) < 4.78 is 10.6. The van der Waals surface area contributed by atoms with Crippen LogP contribution in [0, 0.1) is 5.92 Å². The van der Waals surface area contributed by atoms with Gasteiger partial charge in [0.05, 0.1) is 6.61 Å². The number of carbonyl (C=O) groups is 1. The smallest absolute Gasteiger partial charge is 0.344 e. The molecule has 0 aliphatic carbocycles. The Morgan fingerprint density at radius 1 is 1.14 bits per heavy atom. The Morgan fingerprint density at radius 2 is 1.90 bits per heavy atom. The molecule has 0 saturated heterocycles. The van der Waals surface area contributed by atoms with Crippen LogP contribution >= 0.6 is 0 Å². The molecule has 2 aromatic rings. The third-order valence-corrected chi connectivity index (χ3v) is 3.65. The highest BCUT2D eigenvalue weighted by Gasteiger charge is 2.06. The molecule has 0 radical (unpaired) electrons. The molecule has 1 atom stereocenters. The molecule has 0 aliphatic heterocycles. The second-order valence-corrected chi connectivity index (χ2v) is 5.32. The Bertz CT molecular complexity index is 592. The Kier molecular flexibility index (Phi) is 5.61. The Labute approximate surface area is 125 Å². The van der Waals surface area contributed by atoms with Gasteiger partial charge < -0.3 is 9.47 Å². The van der Waals surface area contributed by atoms with Crippen molar-refractivity contribution in [3.8, 4) is 5.75 Å². The van der Waals surface area contributed by atoms with Crippen molar-refractivity contribution in [1.82, 2.24) is 0 Å². The molecule has 2 aromatic carbocycles. The van der Waals surface area contributed by atoms with E-state index >= 15 is 0 Å². The standard InChI is InChI=1S/C18H22O3/c1-3-14(2)10-11-20-18(19)13-21-17-9-8-15-6-4-5-7-16(15)12-17/h4-9,12,14H,3,10-11,13H2,1-2H3. The molecule has 0 spiro atoms. The van der Waals surface area contributed by atoms with Gasteiger partial charge in [-0.15, -0.1) is 0 Å². The molecule has 0 bridgehead atoms. The minimum absolute atomic E-state index is 0.0428. The van der Waals surface area contributed by atoms with Crippen LogP contribution in [0.5, 0.6) is 5.75 Å². The molecule has 0 fully saturated rings. The van der Waals surface area contributed by atoms with Crippen molar-refractivity contribution in [3.05, 3.63) is 42.5 Å². The minimum Gasteiger partial charge on any atom is -0.482 e. The van der Waals surface area contributed by atoms with Crippen molar-refractivity contribution in [2.45, 2.75) is 26.7 Å². The lowest BCUT2D eigenvalue weighted by atomic mass is 10.1. The van der Waals surface area contributed by atoms with E-state index in [1.165, 1.54) is 0 Å². The summed E-state index contributed by atoms with van der Waals surface area (Å²) in [4.78, 5) is 11.6. The number of benzene rings is 2. The van der Waals surface area contributed by atoms with E-state index in [9.17, 15) is 4.79 Å². The summed E-state index contributed by atoms with van der Waals surface area (Å²) in [6.07, 6.45) is 2.00. The zero-order valence-electron chi connectivity index (χ0n) is 12.7. The van der Waals surface area contributed by atoms with Gasteiger partial charge in [-0.1, -0.05) is 50.6 Å². The lowest BCUT2D eigenvalue weighted by Gasteiger charge is -2.10. The summed E-state index contributed by atoms with van der Waals surface area (Å²) in [6, 6.07) is 13.8. The van der Waals surface area contributed by atoms with E-state index in [4.69, 9.17) is 9.47 Å². The van der Waals surface area contributed by atoms with E-state index in [1.54, 1.807) is 0 Å². The third-order valence-electron chi connectivity index (χ3n) is 3.65. The van der Waals surface area contributed by atoms with Crippen molar-refractivity contribution in [3.63, 3.8) is 0 Å². The van der Waals surface area contributed by atoms with Crippen LogP contribution in [-0.4, -0.2) is 19.2 Å². The molecular formula is C18H22O3. The van der Waals surface area contributed by atoms with Gasteiger partial charge in [-0.25, -0.2) is 4.79 Å². The second-order valence-electron chi connectivity index (χ2n) is 5.32. The Balaban J connectivity index is 1.80. The Hall–Kier alpha value is -2.03. The topological polar surface area (TPSA) is 35.5 Å². The van der Waals surface area contributed by atoms with Gasteiger partial charge in [0.25, 0.3) is 0 Å². The Morgan fingerprint density at radius 3 is 2.67 bits per heavy atom. The molecule has 0 saturated carbocycles. The predicted octanol–water partition coefficient (Wildman–Crippen LogP) is 4.20. The van der Waals surface area contributed by atoms with Gasteiger partial charge in [0, 0.05) is 0 Å². The number of hydrogen-bond acceptors (Lipinski definition) is 3.